The maximum absolute atomic E-state index is 13.3. The van der Waals surface area contributed by atoms with Crippen molar-refractivity contribution in [1.82, 2.24) is 4.98 Å². The molecule has 1 atom stereocenters. The summed E-state index contributed by atoms with van der Waals surface area (Å²) in [6.45, 7) is 1.77. The molecule has 1 amide bonds. The zero-order valence-corrected chi connectivity index (χ0v) is 16.6. The molecule has 30 heavy (non-hydrogen) atoms. The van der Waals surface area contributed by atoms with Gasteiger partial charge in [0, 0.05) is 22.5 Å². The number of pyridine rings is 1. The van der Waals surface area contributed by atoms with E-state index >= 15 is 0 Å². The van der Waals surface area contributed by atoms with Gasteiger partial charge in [-0.2, -0.15) is 0 Å². The van der Waals surface area contributed by atoms with Crippen LogP contribution in [0.25, 0.3) is 5.76 Å². The molecule has 7 heteroatoms. The number of rotatable bonds is 3. The van der Waals surface area contributed by atoms with E-state index in [-0.39, 0.29) is 11.1 Å². The smallest absolute Gasteiger partial charge is 0.300 e. The third-order valence-electron chi connectivity index (χ3n) is 4.95. The minimum absolute atomic E-state index is 0.111. The number of aliphatic hydroxyl groups excluding tert-OH is 1. The van der Waals surface area contributed by atoms with Crippen LogP contribution in [0.1, 0.15) is 22.9 Å². The highest BCUT2D eigenvalue weighted by atomic mass is 35.5. The van der Waals surface area contributed by atoms with E-state index in [4.69, 9.17) is 11.6 Å². The lowest BCUT2D eigenvalue weighted by Gasteiger charge is -2.26. The summed E-state index contributed by atoms with van der Waals surface area (Å²) in [6, 6.07) is 14.2. The maximum Gasteiger partial charge on any atom is 0.300 e. The summed E-state index contributed by atoms with van der Waals surface area (Å²) in [4.78, 5) is 31.7. The van der Waals surface area contributed by atoms with E-state index in [1.807, 2.05) is 0 Å². The van der Waals surface area contributed by atoms with Gasteiger partial charge in [0.05, 0.1) is 11.3 Å². The van der Waals surface area contributed by atoms with Crippen LogP contribution in [-0.4, -0.2) is 21.8 Å². The van der Waals surface area contributed by atoms with E-state index in [9.17, 15) is 19.1 Å². The molecule has 1 unspecified atom stereocenters. The summed E-state index contributed by atoms with van der Waals surface area (Å²) in [7, 11) is 0. The topological polar surface area (TPSA) is 70.5 Å². The van der Waals surface area contributed by atoms with Gasteiger partial charge < -0.3 is 5.11 Å². The Balaban J connectivity index is 1.96. The van der Waals surface area contributed by atoms with E-state index in [1.54, 1.807) is 49.5 Å². The summed E-state index contributed by atoms with van der Waals surface area (Å²) in [5.41, 5.74) is 1.69. The van der Waals surface area contributed by atoms with Crippen molar-refractivity contribution in [2.24, 2.45) is 0 Å². The summed E-state index contributed by atoms with van der Waals surface area (Å²) < 4.78 is 13.3. The Bertz CT molecular complexity index is 1180. The lowest BCUT2D eigenvalue weighted by molar-refractivity contribution is -0.132. The Hall–Kier alpha value is -3.51. The summed E-state index contributed by atoms with van der Waals surface area (Å²) in [5, 5.41) is 11.4. The molecule has 1 N–H and O–H groups in total. The molecule has 1 aromatic heterocycles. The highest BCUT2D eigenvalue weighted by Crippen LogP contribution is 2.42. The van der Waals surface area contributed by atoms with Gasteiger partial charge in [-0.15, -0.1) is 0 Å². The highest BCUT2D eigenvalue weighted by molar-refractivity contribution is 6.51. The van der Waals surface area contributed by atoms with Crippen LogP contribution in [0, 0.1) is 12.7 Å². The number of anilines is 1. The van der Waals surface area contributed by atoms with Gasteiger partial charge in [0.15, 0.2) is 0 Å². The van der Waals surface area contributed by atoms with Gasteiger partial charge in [-0.3, -0.25) is 19.5 Å². The van der Waals surface area contributed by atoms with E-state index < -0.39 is 29.3 Å². The maximum atomic E-state index is 13.3. The number of hydrogen-bond acceptors (Lipinski definition) is 4. The number of aliphatic hydroxyl groups is 1. The van der Waals surface area contributed by atoms with Crippen LogP contribution >= 0.6 is 11.6 Å². The molecular weight excluding hydrogens is 407 g/mol. The van der Waals surface area contributed by atoms with Gasteiger partial charge in [-0.25, -0.2) is 4.39 Å². The number of carbonyl (C=O) groups excluding carboxylic acids is 2. The normalized spacial score (nSPS) is 18.1. The SMILES string of the molecule is Cc1cc(Cl)ccc1N1C(=O)C(=O)/C(=C(/O)c2ccc(F)cc2)C1c1ccccn1. The van der Waals surface area contributed by atoms with E-state index in [1.165, 1.54) is 29.2 Å². The van der Waals surface area contributed by atoms with Gasteiger partial charge in [-0.1, -0.05) is 17.7 Å². The van der Waals surface area contributed by atoms with Crippen LogP contribution in [-0.2, 0) is 9.59 Å². The number of ketones is 1. The van der Waals surface area contributed by atoms with Crippen LogP contribution < -0.4 is 4.90 Å². The van der Waals surface area contributed by atoms with Crippen molar-refractivity contribution in [3.05, 3.63) is 100 Å². The van der Waals surface area contributed by atoms with Crippen LogP contribution in [0.5, 0.6) is 0 Å². The van der Waals surface area contributed by atoms with Crippen molar-refractivity contribution >= 4 is 34.7 Å². The molecule has 3 aromatic rings. The number of amides is 1. The fraction of sp³-hybridized carbons (Fsp3) is 0.0870. The lowest BCUT2D eigenvalue weighted by Crippen LogP contribution is -2.30. The Morgan fingerprint density at radius 2 is 1.83 bits per heavy atom. The van der Waals surface area contributed by atoms with Crippen molar-refractivity contribution in [3.63, 3.8) is 0 Å². The number of nitrogens with zero attached hydrogens (tertiary/aromatic N) is 2. The van der Waals surface area contributed by atoms with Gasteiger partial charge in [-0.05, 0) is 67.1 Å². The first-order chi connectivity index (χ1) is 14.4. The molecule has 0 radical (unpaired) electrons. The number of benzene rings is 2. The molecule has 1 fully saturated rings. The summed E-state index contributed by atoms with van der Waals surface area (Å²) in [6.07, 6.45) is 1.54. The average Bonchev–Trinajstić information content (AvgIpc) is 3.00. The van der Waals surface area contributed by atoms with Gasteiger partial charge in [0.25, 0.3) is 11.7 Å². The molecule has 5 nitrogen and oxygen atoms in total. The largest absolute Gasteiger partial charge is 0.507 e. The Morgan fingerprint density at radius 1 is 1.10 bits per heavy atom. The second-order valence-corrected chi connectivity index (χ2v) is 7.30. The number of Topliss-reactive ketones (excluding diaryl/α,β-unsaturated/α-hetero) is 1. The van der Waals surface area contributed by atoms with Crippen molar-refractivity contribution in [2.75, 3.05) is 4.90 Å². The average molecular weight is 423 g/mol. The van der Waals surface area contributed by atoms with Gasteiger partial charge >= 0.3 is 0 Å². The third-order valence-corrected chi connectivity index (χ3v) is 5.18. The number of aryl methyl sites for hydroxylation is 1. The molecule has 0 saturated carbocycles. The second-order valence-electron chi connectivity index (χ2n) is 6.86. The highest BCUT2D eigenvalue weighted by Gasteiger charge is 2.48. The minimum Gasteiger partial charge on any atom is -0.507 e. The van der Waals surface area contributed by atoms with Crippen molar-refractivity contribution < 1.29 is 19.1 Å². The van der Waals surface area contributed by atoms with E-state index in [0.29, 0.717) is 22.0 Å². The molecule has 4 rings (SSSR count). The Kier molecular flexibility index (Phi) is 5.10. The molecule has 2 heterocycles. The minimum atomic E-state index is -0.948. The van der Waals surface area contributed by atoms with E-state index in [2.05, 4.69) is 4.98 Å². The standard InChI is InChI=1S/C23H16ClFN2O3/c1-13-12-15(24)7-10-18(13)27-20(17-4-2-3-11-26-17)19(22(29)23(27)30)21(28)14-5-8-16(25)9-6-14/h2-12,20,28H,1H3/b21-19+. The zero-order valence-electron chi connectivity index (χ0n) is 15.8. The molecule has 1 aliphatic heterocycles. The number of aromatic nitrogens is 1. The second kappa shape index (κ2) is 7.72. The predicted molar refractivity (Wildman–Crippen MR) is 112 cm³/mol. The van der Waals surface area contributed by atoms with Crippen molar-refractivity contribution in [2.45, 2.75) is 13.0 Å². The monoisotopic (exact) mass is 422 g/mol. The summed E-state index contributed by atoms with van der Waals surface area (Å²) in [5.74, 6) is -2.51. The van der Waals surface area contributed by atoms with Crippen LogP contribution in [0.4, 0.5) is 10.1 Å². The van der Waals surface area contributed by atoms with Crippen LogP contribution in [0.15, 0.2) is 72.4 Å². The van der Waals surface area contributed by atoms with Crippen LogP contribution in [0.3, 0.4) is 0 Å². The molecule has 0 aliphatic carbocycles. The number of hydrogen-bond donors (Lipinski definition) is 1. The molecule has 0 spiro atoms. The fourth-order valence-corrected chi connectivity index (χ4v) is 3.78. The molecular formula is C23H16ClFN2O3. The zero-order chi connectivity index (χ0) is 21.4. The predicted octanol–water partition coefficient (Wildman–Crippen LogP) is 4.81. The summed E-state index contributed by atoms with van der Waals surface area (Å²) >= 11 is 6.05. The molecule has 1 saturated heterocycles. The molecule has 2 aromatic carbocycles. The van der Waals surface area contributed by atoms with Crippen molar-refractivity contribution in [1.29, 1.82) is 0 Å². The van der Waals surface area contributed by atoms with Crippen molar-refractivity contribution in [3.8, 4) is 0 Å². The Labute approximate surface area is 177 Å². The van der Waals surface area contributed by atoms with E-state index in [0.717, 1.165) is 0 Å². The third kappa shape index (κ3) is 3.35. The first-order valence-corrected chi connectivity index (χ1v) is 9.50. The van der Waals surface area contributed by atoms with Gasteiger partial charge in [0.2, 0.25) is 0 Å². The lowest BCUT2D eigenvalue weighted by atomic mass is 9.98. The molecule has 150 valence electrons. The van der Waals surface area contributed by atoms with Gasteiger partial charge in [0.1, 0.15) is 17.6 Å². The van der Waals surface area contributed by atoms with Crippen LogP contribution in [0.2, 0.25) is 5.02 Å². The Morgan fingerprint density at radius 3 is 2.47 bits per heavy atom. The molecule has 1 aliphatic rings. The first kappa shape index (κ1) is 19.8. The first-order valence-electron chi connectivity index (χ1n) is 9.12. The number of carbonyl (C=O) groups is 2. The quantitative estimate of drug-likeness (QED) is 0.373. The molecule has 0 bridgehead atoms. The fourth-order valence-electron chi connectivity index (χ4n) is 3.55. The number of halogens is 2.